The number of nitrogens with one attached hydrogen (secondary N) is 2. The van der Waals surface area contributed by atoms with Gasteiger partial charge in [-0.3, -0.25) is 10.0 Å². The van der Waals surface area contributed by atoms with Gasteiger partial charge in [0.1, 0.15) is 0 Å². The second-order valence-corrected chi connectivity index (χ2v) is 7.51. The minimum absolute atomic E-state index is 0.119. The molecule has 3 rings (SSSR count). The van der Waals surface area contributed by atoms with Crippen molar-refractivity contribution in [1.29, 1.82) is 0 Å². The van der Waals surface area contributed by atoms with Crippen molar-refractivity contribution in [1.82, 2.24) is 15.2 Å². The molecule has 3 N–H and O–H groups in total. The van der Waals surface area contributed by atoms with E-state index < -0.39 is 22.0 Å². The number of carbonyl (C=O) groups is 1. The Balaban J connectivity index is 1.74. The number of benzene rings is 2. The molecular formula is C18H17N3O5S. The second kappa shape index (κ2) is 7.70. The highest BCUT2D eigenvalue weighted by Crippen LogP contribution is 2.22. The molecule has 0 radical (unpaired) electrons. The molecule has 0 aliphatic carbocycles. The number of rotatable bonds is 6. The van der Waals surface area contributed by atoms with Gasteiger partial charge in [-0.1, -0.05) is 12.1 Å². The van der Waals surface area contributed by atoms with Gasteiger partial charge < -0.3 is 4.42 Å². The summed E-state index contributed by atoms with van der Waals surface area (Å²) < 4.78 is 33.0. The highest BCUT2D eigenvalue weighted by molar-refractivity contribution is 7.89. The summed E-state index contributed by atoms with van der Waals surface area (Å²) in [6.07, 6.45) is 2.85. The van der Waals surface area contributed by atoms with E-state index >= 15 is 0 Å². The maximum Gasteiger partial charge on any atom is 0.274 e. The van der Waals surface area contributed by atoms with Crippen LogP contribution in [0.1, 0.15) is 28.9 Å². The monoisotopic (exact) mass is 387 g/mol. The first-order chi connectivity index (χ1) is 12.9. The van der Waals surface area contributed by atoms with Crippen LogP contribution in [0.3, 0.4) is 0 Å². The van der Waals surface area contributed by atoms with E-state index in [2.05, 4.69) is 9.71 Å². The van der Waals surface area contributed by atoms with Gasteiger partial charge in [0, 0.05) is 17.2 Å². The number of oxazole rings is 1. The molecule has 0 saturated heterocycles. The van der Waals surface area contributed by atoms with E-state index in [-0.39, 0.29) is 10.5 Å². The quantitative estimate of drug-likeness (QED) is 0.441. The fraction of sp³-hybridized carbons (Fsp3) is 0.111. The maximum absolute atomic E-state index is 12.6. The van der Waals surface area contributed by atoms with E-state index in [0.717, 1.165) is 5.56 Å². The molecule has 1 unspecified atom stereocenters. The molecule has 0 aliphatic rings. The molecule has 0 saturated carbocycles. The molecular weight excluding hydrogens is 370 g/mol. The molecule has 1 amide bonds. The number of amides is 1. The third-order valence-corrected chi connectivity index (χ3v) is 5.54. The maximum atomic E-state index is 12.6. The Morgan fingerprint density at radius 3 is 2.33 bits per heavy atom. The van der Waals surface area contributed by atoms with E-state index in [1.54, 1.807) is 42.9 Å². The summed E-state index contributed by atoms with van der Waals surface area (Å²) in [5.41, 5.74) is 3.20. The fourth-order valence-electron chi connectivity index (χ4n) is 2.51. The van der Waals surface area contributed by atoms with E-state index in [0.29, 0.717) is 11.3 Å². The minimum atomic E-state index is -3.74. The molecule has 9 heteroatoms. The van der Waals surface area contributed by atoms with Crippen molar-refractivity contribution in [3.8, 4) is 11.3 Å². The largest absolute Gasteiger partial charge is 0.444 e. The molecule has 0 fully saturated rings. The normalized spacial score (nSPS) is 12.5. The van der Waals surface area contributed by atoms with Crippen molar-refractivity contribution >= 4 is 15.9 Å². The Labute approximate surface area is 155 Å². The molecule has 1 aromatic heterocycles. The average molecular weight is 387 g/mol. The second-order valence-electron chi connectivity index (χ2n) is 5.80. The molecule has 0 bridgehead atoms. The minimum Gasteiger partial charge on any atom is -0.444 e. The smallest absolute Gasteiger partial charge is 0.274 e. The number of aromatic nitrogens is 1. The van der Waals surface area contributed by atoms with Gasteiger partial charge in [-0.15, -0.1) is 0 Å². The SMILES string of the molecule is CC(NS(=O)(=O)c1ccc(-c2cnco2)cc1)c1ccc(C(=O)NO)cc1. The number of sulfonamides is 1. The highest BCUT2D eigenvalue weighted by atomic mass is 32.2. The molecule has 1 heterocycles. The molecule has 2 aromatic carbocycles. The Morgan fingerprint density at radius 1 is 1.11 bits per heavy atom. The molecule has 8 nitrogen and oxygen atoms in total. The summed E-state index contributed by atoms with van der Waals surface area (Å²) >= 11 is 0. The van der Waals surface area contributed by atoms with Crippen molar-refractivity contribution in [2.75, 3.05) is 0 Å². The first kappa shape index (κ1) is 18.8. The number of nitrogens with zero attached hydrogens (tertiary/aromatic N) is 1. The summed E-state index contributed by atoms with van der Waals surface area (Å²) in [5, 5.41) is 8.62. The van der Waals surface area contributed by atoms with Crippen LogP contribution in [0, 0.1) is 0 Å². The topological polar surface area (TPSA) is 122 Å². The van der Waals surface area contributed by atoms with Gasteiger partial charge in [0.25, 0.3) is 5.91 Å². The van der Waals surface area contributed by atoms with Crippen LogP contribution < -0.4 is 10.2 Å². The van der Waals surface area contributed by atoms with E-state index in [9.17, 15) is 13.2 Å². The first-order valence-electron chi connectivity index (χ1n) is 7.96. The Bertz CT molecular complexity index is 1010. The van der Waals surface area contributed by atoms with Crippen LogP contribution in [0.2, 0.25) is 0 Å². The predicted molar refractivity (Wildman–Crippen MR) is 96.4 cm³/mol. The Hall–Kier alpha value is -3.01. The zero-order valence-electron chi connectivity index (χ0n) is 14.3. The average Bonchev–Trinajstić information content (AvgIpc) is 3.22. The molecule has 0 aliphatic heterocycles. The highest BCUT2D eigenvalue weighted by Gasteiger charge is 2.19. The number of hydrogen-bond acceptors (Lipinski definition) is 6. The van der Waals surface area contributed by atoms with Gasteiger partial charge in [-0.2, -0.15) is 0 Å². The predicted octanol–water partition coefficient (Wildman–Crippen LogP) is 2.50. The van der Waals surface area contributed by atoms with Gasteiger partial charge in [0.15, 0.2) is 12.2 Å². The van der Waals surface area contributed by atoms with Crippen molar-refractivity contribution in [2.45, 2.75) is 17.9 Å². The van der Waals surface area contributed by atoms with Gasteiger partial charge in [0.05, 0.1) is 11.1 Å². The van der Waals surface area contributed by atoms with Gasteiger partial charge in [0.2, 0.25) is 10.0 Å². The Kier molecular flexibility index (Phi) is 5.36. The lowest BCUT2D eigenvalue weighted by Crippen LogP contribution is -2.27. The van der Waals surface area contributed by atoms with E-state index in [1.807, 2.05) is 0 Å². The fourth-order valence-corrected chi connectivity index (χ4v) is 3.75. The van der Waals surface area contributed by atoms with E-state index in [1.165, 1.54) is 30.7 Å². The van der Waals surface area contributed by atoms with Crippen LogP contribution in [0.4, 0.5) is 0 Å². The van der Waals surface area contributed by atoms with Crippen LogP contribution in [0.15, 0.2) is 70.4 Å². The lowest BCUT2D eigenvalue weighted by atomic mass is 10.1. The molecule has 140 valence electrons. The molecule has 27 heavy (non-hydrogen) atoms. The summed E-state index contributed by atoms with van der Waals surface area (Å²) in [5.74, 6) is -0.0890. The number of hydroxylamine groups is 1. The first-order valence-corrected chi connectivity index (χ1v) is 9.44. The lowest BCUT2D eigenvalue weighted by molar-refractivity contribution is 0.0706. The third kappa shape index (κ3) is 4.22. The summed E-state index contributed by atoms with van der Waals surface area (Å²) in [6, 6.07) is 12.0. The van der Waals surface area contributed by atoms with Crippen LogP contribution in [0.5, 0.6) is 0 Å². The van der Waals surface area contributed by atoms with Crippen molar-refractivity contribution < 1.29 is 22.8 Å². The van der Waals surface area contributed by atoms with Crippen LogP contribution >= 0.6 is 0 Å². The molecule has 1 atom stereocenters. The van der Waals surface area contributed by atoms with Gasteiger partial charge >= 0.3 is 0 Å². The van der Waals surface area contributed by atoms with Crippen LogP contribution in [-0.4, -0.2) is 24.5 Å². The van der Waals surface area contributed by atoms with Crippen LogP contribution in [0.25, 0.3) is 11.3 Å². The van der Waals surface area contributed by atoms with Crippen molar-refractivity contribution in [2.24, 2.45) is 0 Å². The Morgan fingerprint density at radius 2 is 1.78 bits per heavy atom. The van der Waals surface area contributed by atoms with Gasteiger partial charge in [-0.05, 0) is 48.9 Å². The standard InChI is InChI=1S/C18H17N3O5S/c1-12(13-2-4-15(5-3-13)18(22)20-23)21-27(24,25)16-8-6-14(7-9-16)17-10-19-11-26-17/h2-12,21,23H,1H3,(H,20,22). The third-order valence-electron chi connectivity index (χ3n) is 3.99. The summed E-state index contributed by atoms with van der Waals surface area (Å²) in [7, 11) is -3.74. The lowest BCUT2D eigenvalue weighted by Gasteiger charge is -2.15. The molecule has 0 spiro atoms. The summed E-state index contributed by atoms with van der Waals surface area (Å²) in [6.45, 7) is 1.70. The van der Waals surface area contributed by atoms with E-state index in [4.69, 9.17) is 9.62 Å². The van der Waals surface area contributed by atoms with Crippen molar-refractivity contribution in [3.63, 3.8) is 0 Å². The van der Waals surface area contributed by atoms with Crippen molar-refractivity contribution in [3.05, 3.63) is 72.2 Å². The van der Waals surface area contributed by atoms with Crippen LogP contribution in [-0.2, 0) is 10.0 Å². The number of carbonyl (C=O) groups excluding carboxylic acids is 1. The zero-order valence-corrected chi connectivity index (χ0v) is 15.1. The number of hydrogen-bond donors (Lipinski definition) is 3. The summed E-state index contributed by atoms with van der Waals surface area (Å²) in [4.78, 5) is 15.3. The molecule has 3 aromatic rings. The van der Waals surface area contributed by atoms with Gasteiger partial charge in [-0.25, -0.2) is 23.6 Å². The zero-order chi connectivity index (χ0) is 19.4.